The minimum absolute atomic E-state index is 0.0428. The van der Waals surface area contributed by atoms with Crippen molar-refractivity contribution in [3.63, 3.8) is 0 Å². The molecule has 6 nitrogen and oxygen atoms in total. The van der Waals surface area contributed by atoms with Crippen molar-refractivity contribution < 1.29 is 24.2 Å². The predicted molar refractivity (Wildman–Crippen MR) is 90.0 cm³/mol. The second-order valence-corrected chi connectivity index (χ2v) is 6.23. The molecule has 0 spiro atoms. The van der Waals surface area contributed by atoms with Gasteiger partial charge in [-0.2, -0.15) is 0 Å². The Morgan fingerprint density at radius 2 is 1.84 bits per heavy atom. The summed E-state index contributed by atoms with van der Waals surface area (Å²) in [7, 11) is 1.27. The first-order valence-corrected chi connectivity index (χ1v) is 7.90. The average Bonchev–Trinajstić information content (AvgIpc) is 2.79. The van der Waals surface area contributed by atoms with Gasteiger partial charge in [0, 0.05) is 12.2 Å². The monoisotopic (exact) mass is 342 g/mol. The van der Waals surface area contributed by atoms with Gasteiger partial charge in [-0.05, 0) is 30.0 Å². The van der Waals surface area contributed by atoms with Crippen molar-refractivity contribution in [1.29, 1.82) is 0 Å². The topological polar surface area (TPSA) is 86.7 Å². The van der Waals surface area contributed by atoms with Crippen molar-refractivity contribution in [2.24, 2.45) is 5.92 Å². The molecule has 132 valence electrons. The van der Waals surface area contributed by atoms with Gasteiger partial charge >= 0.3 is 5.97 Å². The molecule has 25 heavy (non-hydrogen) atoms. The third kappa shape index (κ3) is 3.79. The van der Waals surface area contributed by atoms with E-state index in [0.29, 0.717) is 17.8 Å². The molecule has 1 amide bonds. The number of hydrogen-bond donors (Lipinski definition) is 0. The van der Waals surface area contributed by atoms with E-state index < -0.39 is 11.9 Å². The van der Waals surface area contributed by atoms with Crippen LogP contribution in [0, 0.1) is 5.92 Å². The van der Waals surface area contributed by atoms with Gasteiger partial charge in [0.25, 0.3) is 5.91 Å². The highest BCUT2D eigenvalue weighted by Crippen LogP contribution is 2.32. The Hall–Kier alpha value is -2.89. The molecule has 1 aromatic rings. The predicted octanol–water partition coefficient (Wildman–Crippen LogP) is 1.38. The molecular formula is C19H20NO5-. The molecule has 0 fully saturated rings. The highest BCUT2D eigenvalue weighted by atomic mass is 16.5. The number of benzene rings is 1. The molecule has 1 aliphatic rings. The molecule has 0 aliphatic carbocycles. The lowest BCUT2D eigenvalue weighted by Gasteiger charge is -2.19. The average molecular weight is 342 g/mol. The fraction of sp³-hybridized carbons (Fsp3) is 0.316. The number of carboxylic acid groups (broad SMARTS) is 1. The first kappa shape index (κ1) is 18.4. The number of allylic oxidation sites excluding steroid dienone is 1. The Labute approximate surface area is 146 Å². The maximum atomic E-state index is 12.8. The highest BCUT2D eigenvalue weighted by Gasteiger charge is 2.37. The zero-order chi connectivity index (χ0) is 18.7. The number of carbonyl (C=O) groups excluding carboxylic acids is 3. The van der Waals surface area contributed by atoms with Crippen LogP contribution in [-0.4, -0.2) is 36.4 Å². The molecule has 0 radical (unpaired) electrons. The van der Waals surface area contributed by atoms with Crippen LogP contribution in [-0.2, 0) is 14.3 Å². The van der Waals surface area contributed by atoms with Gasteiger partial charge in [0.2, 0.25) is 0 Å². The second kappa shape index (κ2) is 7.34. The number of esters is 1. The molecule has 1 heterocycles. The van der Waals surface area contributed by atoms with Crippen LogP contribution < -0.4 is 5.11 Å². The molecule has 0 N–H and O–H groups in total. The number of carbonyl (C=O) groups is 3. The summed E-state index contributed by atoms with van der Waals surface area (Å²) < 4.78 is 4.82. The fourth-order valence-corrected chi connectivity index (χ4v) is 2.70. The van der Waals surface area contributed by atoms with Gasteiger partial charge in [0.15, 0.2) is 0 Å². The van der Waals surface area contributed by atoms with Gasteiger partial charge in [0.05, 0.1) is 24.2 Å². The van der Waals surface area contributed by atoms with E-state index in [-0.39, 0.29) is 28.5 Å². The normalized spacial score (nSPS) is 16.1. The van der Waals surface area contributed by atoms with Crippen molar-refractivity contribution in [2.45, 2.75) is 20.8 Å². The summed E-state index contributed by atoms with van der Waals surface area (Å²) in [5, 5.41) is 10.8. The largest absolute Gasteiger partial charge is 0.545 e. The summed E-state index contributed by atoms with van der Waals surface area (Å²) in [6, 6.07) is 5.89. The molecule has 1 aliphatic heterocycles. The Morgan fingerprint density at radius 3 is 2.32 bits per heavy atom. The lowest BCUT2D eigenvalue weighted by molar-refractivity contribution is -0.255. The van der Waals surface area contributed by atoms with Crippen molar-refractivity contribution in [3.05, 3.63) is 52.2 Å². The summed E-state index contributed by atoms with van der Waals surface area (Å²) in [5.74, 6) is -1.88. The fourth-order valence-electron chi connectivity index (χ4n) is 2.70. The summed E-state index contributed by atoms with van der Waals surface area (Å²) in [6.45, 7) is 6.18. The molecule has 0 bridgehead atoms. The molecule has 0 atom stereocenters. The summed E-state index contributed by atoms with van der Waals surface area (Å²) in [6.07, 6.45) is 1.57. The third-order valence-corrected chi connectivity index (χ3v) is 3.91. The second-order valence-electron chi connectivity index (χ2n) is 6.23. The van der Waals surface area contributed by atoms with Gasteiger partial charge < -0.3 is 19.5 Å². The van der Waals surface area contributed by atoms with Crippen LogP contribution in [0.4, 0.5) is 0 Å². The maximum Gasteiger partial charge on any atom is 0.340 e. The van der Waals surface area contributed by atoms with Gasteiger partial charge in [-0.25, -0.2) is 4.79 Å². The maximum absolute atomic E-state index is 12.8. The lowest BCUT2D eigenvalue weighted by Crippen LogP contribution is -2.28. The van der Waals surface area contributed by atoms with E-state index >= 15 is 0 Å². The number of rotatable bonds is 5. The Balaban J connectivity index is 2.47. The van der Waals surface area contributed by atoms with Gasteiger partial charge in [-0.15, -0.1) is 0 Å². The van der Waals surface area contributed by atoms with E-state index in [4.69, 9.17) is 4.74 Å². The van der Waals surface area contributed by atoms with Crippen LogP contribution in [0.1, 0.15) is 36.7 Å². The standard InChI is InChI=1S/C19H21NO5/c1-11(2)10-20-12(3)16(19(24)25-4)15(17(20)21)9-13-5-7-14(8-6-13)18(22)23/h5-9,11H,10H2,1-4H3,(H,22,23)/p-1. The number of carboxylic acids is 1. The number of amides is 1. The molecule has 1 aromatic carbocycles. The van der Waals surface area contributed by atoms with Gasteiger partial charge in [0.1, 0.15) is 0 Å². The van der Waals surface area contributed by atoms with Crippen molar-refractivity contribution >= 4 is 23.9 Å². The number of nitrogens with zero attached hydrogens (tertiary/aromatic N) is 1. The first-order chi connectivity index (χ1) is 11.8. The zero-order valence-electron chi connectivity index (χ0n) is 14.7. The van der Waals surface area contributed by atoms with Gasteiger partial charge in [-0.1, -0.05) is 38.1 Å². The van der Waals surface area contributed by atoms with Crippen molar-refractivity contribution in [3.8, 4) is 0 Å². The SMILES string of the molecule is COC(=O)C1=C(C)N(CC(C)C)C(=O)C1=Cc1ccc(C(=O)[O-])cc1. The summed E-state index contributed by atoms with van der Waals surface area (Å²) in [5.41, 5.74) is 1.68. The highest BCUT2D eigenvalue weighted by molar-refractivity contribution is 6.16. The van der Waals surface area contributed by atoms with Crippen LogP contribution in [0.2, 0.25) is 0 Å². The van der Waals surface area contributed by atoms with Crippen LogP contribution in [0.25, 0.3) is 6.08 Å². The van der Waals surface area contributed by atoms with E-state index in [9.17, 15) is 19.5 Å². The van der Waals surface area contributed by atoms with Crippen LogP contribution in [0.15, 0.2) is 41.1 Å². The first-order valence-electron chi connectivity index (χ1n) is 7.90. The third-order valence-electron chi connectivity index (χ3n) is 3.91. The Morgan fingerprint density at radius 1 is 1.24 bits per heavy atom. The smallest absolute Gasteiger partial charge is 0.340 e. The number of hydrogen-bond acceptors (Lipinski definition) is 5. The molecule has 6 heteroatoms. The number of aromatic carboxylic acids is 1. The van der Waals surface area contributed by atoms with E-state index in [1.807, 2.05) is 13.8 Å². The Kier molecular flexibility index (Phi) is 5.41. The van der Waals surface area contributed by atoms with Crippen LogP contribution in [0.3, 0.4) is 0 Å². The Bertz CT molecular complexity index is 772. The molecule has 0 aromatic heterocycles. The van der Waals surface area contributed by atoms with E-state index in [1.54, 1.807) is 30.0 Å². The molecule has 0 saturated carbocycles. The molecule has 0 saturated heterocycles. The molecule has 2 rings (SSSR count). The quantitative estimate of drug-likeness (QED) is 0.596. The van der Waals surface area contributed by atoms with E-state index in [0.717, 1.165) is 0 Å². The zero-order valence-corrected chi connectivity index (χ0v) is 14.7. The summed E-state index contributed by atoms with van der Waals surface area (Å²) >= 11 is 0. The van der Waals surface area contributed by atoms with Crippen LogP contribution >= 0.6 is 0 Å². The van der Waals surface area contributed by atoms with E-state index in [1.165, 1.54) is 19.2 Å². The molecule has 0 unspecified atom stereocenters. The van der Waals surface area contributed by atoms with Gasteiger partial charge in [-0.3, -0.25) is 4.79 Å². The lowest BCUT2D eigenvalue weighted by atomic mass is 10.0. The van der Waals surface area contributed by atoms with E-state index in [2.05, 4.69) is 0 Å². The minimum Gasteiger partial charge on any atom is -0.545 e. The summed E-state index contributed by atoms with van der Waals surface area (Å²) in [4.78, 5) is 37.3. The minimum atomic E-state index is -1.27. The number of methoxy groups -OCH3 is 1. The van der Waals surface area contributed by atoms with Crippen molar-refractivity contribution in [1.82, 2.24) is 4.90 Å². The number of ether oxygens (including phenoxy) is 1. The van der Waals surface area contributed by atoms with Crippen molar-refractivity contribution in [2.75, 3.05) is 13.7 Å². The molecular weight excluding hydrogens is 322 g/mol. The van der Waals surface area contributed by atoms with Crippen LogP contribution in [0.5, 0.6) is 0 Å².